The van der Waals surface area contributed by atoms with Crippen molar-refractivity contribution in [3.05, 3.63) is 34.9 Å². The third-order valence-electron chi connectivity index (χ3n) is 2.19. The van der Waals surface area contributed by atoms with Gasteiger partial charge in [-0.05, 0) is 25.0 Å². The zero-order valence-electron chi connectivity index (χ0n) is 8.78. The molecule has 0 fully saturated rings. The van der Waals surface area contributed by atoms with Crippen LogP contribution in [0, 0.1) is 0 Å². The fourth-order valence-corrected chi connectivity index (χ4v) is 1.56. The van der Waals surface area contributed by atoms with Crippen molar-refractivity contribution in [2.75, 3.05) is 0 Å². The fourth-order valence-electron chi connectivity index (χ4n) is 1.37. The van der Waals surface area contributed by atoms with E-state index in [1.54, 1.807) is 24.3 Å². The number of carboxylic acid groups (broad SMARTS) is 1. The summed E-state index contributed by atoms with van der Waals surface area (Å²) in [7, 11) is 0. The molecule has 0 saturated carbocycles. The van der Waals surface area contributed by atoms with Crippen molar-refractivity contribution in [1.29, 1.82) is 0 Å². The third-order valence-corrected chi connectivity index (χ3v) is 2.43. The molecule has 1 aromatic carbocycles. The second-order valence-electron chi connectivity index (χ2n) is 3.53. The molecule has 86 valence electrons. The summed E-state index contributed by atoms with van der Waals surface area (Å²) >= 11 is 5.76. The molecule has 0 aliphatic heterocycles. The second kappa shape index (κ2) is 6.28. The van der Waals surface area contributed by atoms with E-state index in [9.17, 15) is 9.59 Å². The van der Waals surface area contributed by atoms with Crippen LogP contribution in [0.15, 0.2) is 24.3 Å². The highest BCUT2D eigenvalue weighted by molar-refractivity contribution is 6.31. The minimum atomic E-state index is -0.824. The van der Waals surface area contributed by atoms with Gasteiger partial charge in [-0.25, -0.2) is 0 Å². The number of hydrogen-bond acceptors (Lipinski definition) is 2. The van der Waals surface area contributed by atoms with Gasteiger partial charge >= 0.3 is 5.97 Å². The normalized spacial score (nSPS) is 10.1. The van der Waals surface area contributed by atoms with Gasteiger partial charge in [0.2, 0.25) is 0 Å². The summed E-state index contributed by atoms with van der Waals surface area (Å²) in [5.41, 5.74) is 0.586. The number of carbonyl (C=O) groups excluding carboxylic acids is 1. The predicted molar refractivity (Wildman–Crippen MR) is 61.9 cm³/mol. The number of halogens is 1. The Morgan fingerprint density at radius 2 is 1.88 bits per heavy atom. The van der Waals surface area contributed by atoms with Crippen LogP contribution in [-0.2, 0) is 4.79 Å². The largest absolute Gasteiger partial charge is 0.481 e. The van der Waals surface area contributed by atoms with Crippen LogP contribution in [0.25, 0.3) is 0 Å². The lowest BCUT2D eigenvalue weighted by Gasteiger charge is -2.00. The molecule has 0 aliphatic carbocycles. The number of ketones is 1. The molecule has 0 aromatic heterocycles. The van der Waals surface area contributed by atoms with Gasteiger partial charge in [-0.1, -0.05) is 23.7 Å². The minimum Gasteiger partial charge on any atom is -0.481 e. The molecule has 0 aliphatic rings. The molecule has 1 rings (SSSR count). The highest BCUT2D eigenvalue weighted by Gasteiger charge is 2.06. The Kier molecular flexibility index (Phi) is 4.99. The predicted octanol–water partition coefficient (Wildman–Crippen LogP) is 3.17. The van der Waals surface area contributed by atoms with Crippen LogP contribution in [0.3, 0.4) is 0 Å². The summed E-state index contributed by atoms with van der Waals surface area (Å²) in [5.74, 6) is -0.817. The molecule has 3 nitrogen and oxygen atoms in total. The summed E-state index contributed by atoms with van der Waals surface area (Å²) in [6.07, 6.45) is 1.61. The fraction of sp³-hybridized carbons (Fsp3) is 0.333. The van der Waals surface area contributed by atoms with E-state index in [4.69, 9.17) is 16.7 Å². The summed E-state index contributed by atoms with van der Waals surface area (Å²) in [6.45, 7) is 0. The average molecular weight is 241 g/mol. The number of hydrogen-bond donors (Lipinski definition) is 1. The van der Waals surface area contributed by atoms with Crippen molar-refractivity contribution in [1.82, 2.24) is 0 Å². The van der Waals surface area contributed by atoms with Gasteiger partial charge in [0.1, 0.15) is 0 Å². The molecule has 0 bridgehead atoms. The monoisotopic (exact) mass is 240 g/mol. The topological polar surface area (TPSA) is 54.4 Å². The SMILES string of the molecule is O=C(O)CCCCC(=O)c1cccc(Cl)c1. The Morgan fingerprint density at radius 3 is 2.50 bits per heavy atom. The van der Waals surface area contributed by atoms with Crippen molar-refractivity contribution in [3.63, 3.8) is 0 Å². The van der Waals surface area contributed by atoms with Crippen LogP contribution in [0.5, 0.6) is 0 Å². The molecule has 0 amide bonds. The van der Waals surface area contributed by atoms with Crippen LogP contribution in [0.1, 0.15) is 36.0 Å². The van der Waals surface area contributed by atoms with Gasteiger partial charge in [-0.3, -0.25) is 9.59 Å². The smallest absolute Gasteiger partial charge is 0.303 e. The Bertz CT molecular complexity index is 388. The Balaban J connectivity index is 2.38. The molecular formula is C12H13ClO3. The summed E-state index contributed by atoms with van der Waals surface area (Å²) in [6, 6.07) is 6.78. The van der Waals surface area contributed by atoms with E-state index in [-0.39, 0.29) is 12.2 Å². The first-order chi connectivity index (χ1) is 7.59. The maximum absolute atomic E-state index is 11.6. The van der Waals surface area contributed by atoms with Crippen molar-refractivity contribution in [3.8, 4) is 0 Å². The number of aliphatic carboxylic acids is 1. The molecule has 1 N–H and O–H groups in total. The first-order valence-corrected chi connectivity index (χ1v) is 5.48. The van der Waals surface area contributed by atoms with Crippen molar-refractivity contribution in [2.45, 2.75) is 25.7 Å². The lowest BCUT2D eigenvalue weighted by molar-refractivity contribution is -0.137. The lowest BCUT2D eigenvalue weighted by Crippen LogP contribution is -2.00. The van der Waals surface area contributed by atoms with Crippen molar-refractivity contribution in [2.24, 2.45) is 0 Å². The van der Waals surface area contributed by atoms with E-state index in [1.807, 2.05) is 0 Å². The highest BCUT2D eigenvalue weighted by Crippen LogP contribution is 2.13. The molecule has 0 spiro atoms. The van der Waals surface area contributed by atoms with Crippen LogP contribution in [0.4, 0.5) is 0 Å². The maximum atomic E-state index is 11.6. The maximum Gasteiger partial charge on any atom is 0.303 e. The molecule has 0 atom stereocenters. The summed E-state index contributed by atoms with van der Waals surface area (Å²) < 4.78 is 0. The third kappa shape index (κ3) is 4.45. The summed E-state index contributed by atoms with van der Waals surface area (Å²) in [4.78, 5) is 21.9. The van der Waals surface area contributed by atoms with E-state index < -0.39 is 5.97 Å². The average Bonchev–Trinajstić information content (AvgIpc) is 2.24. The Hall–Kier alpha value is -1.35. The second-order valence-corrected chi connectivity index (χ2v) is 3.97. The van der Waals surface area contributed by atoms with Crippen LogP contribution >= 0.6 is 11.6 Å². The van der Waals surface area contributed by atoms with E-state index in [0.717, 1.165) is 0 Å². The van der Waals surface area contributed by atoms with Crippen molar-refractivity contribution < 1.29 is 14.7 Å². The molecule has 0 heterocycles. The molecule has 1 aromatic rings. The molecule has 16 heavy (non-hydrogen) atoms. The molecule has 0 saturated heterocycles. The van der Waals surface area contributed by atoms with E-state index in [1.165, 1.54) is 0 Å². The minimum absolute atomic E-state index is 0.00730. The van der Waals surface area contributed by atoms with Gasteiger partial charge in [-0.15, -0.1) is 0 Å². The Labute approximate surface area is 99.0 Å². The van der Waals surface area contributed by atoms with E-state index in [2.05, 4.69) is 0 Å². The Morgan fingerprint density at radius 1 is 1.19 bits per heavy atom. The zero-order valence-corrected chi connectivity index (χ0v) is 9.54. The molecule has 4 heteroatoms. The number of rotatable bonds is 6. The first-order valence-electron chi connectivity index (χ1n) is 5.10. The van der Waals surface area contributed by atoms with Gasteiger partial charge < -0.3 is 5.11 Å². The lowest BCUT2D eigenvalue weighted by atomic mass is 10.0. The number of carbonyl (C=O) groups is 2. The van der Waals surface area contributed by atoms with Crippen LogP contribution in [0.2, 0.25) is 5.02 Å². The van der Waals surface area contributed by atoms with Crippen LogP contribution < -0.4 is 0 Å². The summed E-state index contributed by atoms with van der Waals surface area (Å²) in [5, 5.41) is 8.97. The quantitative estimate of drug-likeness (QED) is 0.614. The van der Waals surface area contributed by atoms with Crippen LogP contribution in [-0.4, -0.2) is 16.9 Å². The molecule has 0 unspecified atom stereocenters. The highest BCUT2D eigenvalue weighted by atomic mass is 35.5. The molecule has 0 radical (unpaired) electrons. The number of benzene rings is 1. The standard InChI is InChI=1S/C12H13ClO3/c13-10-5-3-4-9(8-10)11(14)6-1-2-7-12(15)16/h3-5,8H,1-2,6-7H2,(H,15,16). The van der Waals surface area contributed by atoms with Gasteiger partial charge in [0.15, 0.2) is 5.78 Å². The van der Waals surface area contributed by atoms with E-state index >= 15 is 0 Å². The van der Waals surface area contributed by atoms with E-state index in [0.29, 0.717) is 29.8 Å². The number of Topliss-reactive ketones (excluding diaryl/α,β-unsaturated/α-hetero) is 1. The van der Waals surface area contributed by atoms with Gasteiger partial charge in [0, 0.05) is 23.4 Å². The van der Waals surface area contributed by atoms with Crippen molar-refractivity contribution >= 4 is 23.4 Å². The molecular weight excluding hydrogens is 228 g/mol. The van der Waals surface area contributed by atoms with Gasteiger partial charge in [0.25, 0.3) is 0 Å². The number of unbranched alkanes of at least 4 members (excludes halogenated alkanes) is 1. The van der Waals surface area contributed by atoms with Gasteiger partial charge in [0.05, 0.1) is 0 Å². The number of carboxylic acids is 1. The first kappa shape index (κ1) is 12.7. The zero-order chi connectivity index (χ0) is 12.0. The van der Waals surface area contributed by atoms with Gasteiger partial charge in [-0.2, -0.15) is 0 Å².